The molecule has 5 heteroatoms. The first kappa shape index (κ1) is 9.80. The molecule has 0 aliphatic heterocycles. The molecule has 5 N–H and O–H groups in total. The summed E-state index contributed by atoms with van der Waals surface area (Å²) in [4.78, 5) is 0. The van der Waals surface area contributed by atoms with Crippen molar-refractivity contribution in [1.29, 1.82) is 0 Å². The highest BCUT2D eigenvalue weighted by Gasteiger charge is 2.22. The summed E-state index contributed by atoms with van der Waals surface area (Å²) in [6.45, 7) is -1.28. The summed E-state index contributed by atoms with van der Waals surface area (Å²) in [5.74, 6) is 0. The molecule has 3 atom stereocenters. The fraction of sp³-hybridized carbons (Fsp3) is 1.00. The first-order valence-corrected chi connectivity index (χ1v) is 2.89. The lowest BCUT2D eigenvalue weighted by Crippen LogP contribution is -2.41. The summed E-state index contributed by atoms with van der Waals surface area (Å²) in [7, 11) is 0. The standard InChI is InChI=1S/C5H12O5/c6-1-3(8)5(10)4(9)2-7/h3-10H,1-2H2/t3-,4+,5-/i1+1/m1/s1. The van der Waals surface area contributed by atoms with Crippen molar-refractivity contribution in [2.24, 2.45) is 0 Å². The van der Waals surface area contributed by atoms with Gasteiger partial charge in [-0.3, -0.25) is 0 Å². The van der Waals surface area contributed by atoms with Crippen molar-refractivity contribution < 1.29 is 25.5 Å². The Kier molecular flexibility index (Phi) is 4.50. The quantitative estimate of drug-likeness (QED) is 0.278. The maximum atomic E-state index is 8.77. The molecule has 0 unspecified atom stereocenters. The Morgan fingerprint density at radius 1 is 0.800 bits per heavy atom. The van der Waals surface area contributed by atoms with Crippen LogP contribution in [0, 0.1) is 0 Å². The number of rotatable bonds is 4. The molecule has 62 valence electrons. The van der Waals surface area contributed by atoms with Crippen molar-refractivity contribution in [3.8, 4) is 0 Å². The minimum atomic E-state index is -1.49. The molecule has 5 nitrogen and oxygen atoms in total. The lowest BCUT2D eigenvalue weighted by molar-refractivity contribution is -0.0900. The zero-order valence-corrected chi connectivity index (χ0v) is 5.38. The van der Waals surface area contributed by atoms with Crippen LogP contribution in [0.1, 0.15) is 0 Å². The Morgan fingerprint density at radius 2 is 1.10 bits per heavy atom. The van der Waals surface area contributed by atoms with E-state index < -0.39 is 31.5 Å². The fourth-order valence-corrected chi connectivity index (χ4v) is 0.472. The van der Waals surface area contributed by atoms with E-state index in [0.29, 0.717) is 0 Å². The Morgan fingerprint density at radius 3 is 1.30 bits per heavy atom. The molecule has 0 spiro atoms. The van der Waals surface area contributed by atoms with Gasteiger partial charge in [0.2, 0.25) is 0 Å². The normalized spacial score (nSPS) is 20.1. The summed E-state index contributed by atoms with van der Waals surface area (Å²) in [5.41, 5.74) is 0. The largest absolute Gasteiger partial charge is 0.394 e. The van der Waals surface area contributed by atoms with Crippen LogP contribution >= 0.6 is 0 Å². The van der Waals surface area contributed by atoms with Gasteiger partial charge in [0.25, 0.3) is 0 Å². The third-order valence-corrected chi connectivity index (χ3v) is 1.16. The molecule has 0 aromatic carbocycles. The molecule has 0 amide bonds. The van der Waals surface area contributed by atoms with E-state index in [0.717, 1.165) is 0 Å². The van der Waals surface area contributed by atoms with E-state index in [1.807, 2.05) is 0 Å². The maximum Gasteiger partial charge on any atom is 0.110 e. The monoisotopic (exact) mass is 153 g/mol. The Balaban J connectivity index is 3.69. The highest BCUT2D eigenvalue weighted by molar-refractivity contribution is 4.73. The molecule has 10 heavy (non-hydrogen) atoms. The van der Waals surface area contributed by atoms with Gasteiger partial charge in [0.05, 0.1) is 13.2 Å². The second-order valence-electron chi connectivity index (χ2n) is 1.99. The molecular formula is C5H12O5. The predicted molar refractivity (Wildman–Crippen MR) is 32.2 cm³/mol. The van der Waals surface area contributed by atoms with Crippen molar-refractivity contribution in [3.05, 3.63) is 0 Å². The van der Waals surface area contributed by atoms with Crippen LogP contribution in [0.2, 0.25) is 0 Å². The molecule has 0 aromatic heterocycles. The van der Waals surface area contributed by atoms with Crippen molar-refractivity contribution in [3.63, 3.8) is 0 Å². The van der Waals surface area contributed by atoms with Crippen LogP contribution in [-0.4, -0.2) is 57.1 Å². The lowest BCUT2D eigenvalue weighted by Gasteiger charge is -2.19. The van der Waals surface area contributed by atoms with E-state index in [1.54, 1.807) is 0 Å². The SMILES string of the molecule is OC[C@H](O)[C@H](O)[C@H](O)[13CH2]O. The zero-order chi connectivity index (χ0) is 8.15. The van der Waals surface area contributed by atoms with Crippen molar-refractivity contribution >= 4 is 0 Å². The molecule has 0 rings (SSSR count). The van der Waals surface area contributed by atoms with E-state index in [4.69, 9.17) is 25.5 Å². The van der Waals surface area contributed by atoms with E-state index in [9.17, 15) is 0 Å². The van der Waals surface area contributed by atoms with Crippen molar-refractivity contribution in [2.45, 2.75) is 18.3 Å². The van der Waals surface area contributed by atoms with Crippen LogP contribution in [0.3, 0.4) is 0 Å². The number of aliphatic hydroxyl groups excluding tert-OH is 5. The van der Waals surface area contributed by atoms with Crippen molar-refractivity contribution in [2.75, 3.05) is 13.2 Å². The fourth-order valence-electron chi connectivity index (χ4n) is 0.472. The van der Waals surface area contributed by atoms with Gasteiger partial charge in [-0.15, -0.1) is 0 Å². The predicted octanol–water partition coefficient (Wildman–Crippen LogP) is -2.95. The van der Waals surface area contributed by atoms with Gasteiger partial charge in [-0.25, -0.2) is 0 Å². The second kappa shape index (κ2) is 4.59. The second-order valence-corrected chi connectivity index (χ2v) is 1.99. The van der Waals surface area contributed by atoms with Crippen LogP contribution < -0.4 is 0 Å². The third kappa shape index (κ3) is 2.59. The summed E-state index contributed by atoms with van der Waals surface area (Å²) in [6.07, 6.45) is -4.29. The van der Waals surface area contributed by atoms with Gasteiger partial charge >= 0.3 is 0 Å². The smallest absolute Gasteiger partial charge is 0.110 e. The summed E-state index contributed by atoms with van der Waals surface area (Å²) in [5, 5.41) is 42.6. The highest BCUT2D eigenvalue weighted by atomic mass is 16.4. The molecule has 0 aliphatic rings. The van der Waals surface area contributed by atoms with Gasteiger partial charge in [0.1, 0.15) is 18.3 Å². The van der Waals surface area contributed by atoms with Gasteiger partial charge < -0.3 is 25.5 Å². The third-order valence-electron chi connectivity index (χ3n) is 1.16. The van der Waals surface area contributed by atoms with Crippen LogP contribution in [0.5, 0.6) is 0 Å². The topological polar surface area (TPSA) is 101 Å². The Hall–Kier alpha value is -0.200. The van der Waals surface area contributed by atoms with Gasteiger partial charge in [-0.1, -0.05) is 0 Å². The highest BCUT2D eigenvalue weighted by Crippen LogP contribution is 1.97. The lowest BCUT2D eigenvalue weighted by atomic mass is 10.2. The Bertz CT molecular complexity index is 76.1. The van der Waals surface area contributed by atoms with Crippen molar-refractivity contribution in [1.82, 2.24) is 0 Å². The minimum absolute atomic E-state index is 0.641. The average molecular weight is 153 g/mol. The van der Waals surface area contributed by atoms with Gasteiger partial charge in [0.15, 0.2) is 0 Å². The van der Waals surface area contributed by atoms with Crippen LogP contribution in [0.4, 0.5) is 0 Å². The van der Waals surface area contributed by atoms with E-state index in [1.165, 1.54) is 0 Å². The van der Waals surface area contributed by atoms with Gasteiger partial charge in [-0.2, -0.15) is 0 Å². The van der Waals surface area contributed by atoms with E-state index >= 15 is 0 Å². The molecule has 0 radical (unpaired) electrons. The molecule has 0 heterocycles. The number of hydrogen-bond acceptors (Lipinski definition) is 5. The average Bonchev–Trinajstić information content (AvgIpc) is 2.00. The Labute approximate surface area is 58.2 Å². The molecule has 0 aliphatic carbocycles. The minimum Gasteiger partial charge on any atom is -0.394 e. The van der Waals surface area contributed by atoms with Crippen LogP contribution in [-0.2, 0) is 0 Å². The molecule has 0 saturated heterocycles. The summed E-state index contributed by atoms with van der Waals surface area (Å²) >= 11 is 0. The zero-order valence-electron chi connectivity index (χ0n) is 5.38. The van der Waals surface area contributed by atoms with Crippen LogP contribution in [0.15, 0.2) is 0 Å². The molecular weight excluding hydrogens is 141 g/mol. The van der Waals surface area contributed by atoms with E-state index in [2.05, 4.69) is 0 Å². The van der Waals surface area contributed by atoms with Crippen LogP contribution in [0.25, 0.3) is 0 Å². The summed E-state index contributed by atoms with van der Waals surface area (Å²) in [6, 6.07) is 0. The first-order chi connectivity index (χ1) is 4.63. The van der Waals surface area contributed by atoms with Gasteiger partial charge in [-0.05, 0) is 0 Å². The van der Waals surface area contributed by atoms with E-state index in [-0.39, 0.29) is 0 Å². The number of hydrogen-bond donors (Lipinski definition) is 5. The summed E-state index contributed by atoms with van der Waals surface area (Å²) < 4.78 is 0. The molecule has 0 saturated carbocycles. The molecule has 0 fully saturated rings. The van der Waals surface area contributed by atoms with Gasteiger partial charge in [0, 0.05) is 0 Å². The number of aliphatic hydroxyl groups is 5. The molecule has 0 aromatic rings. The first-order valence-electron chi connectivity index (χ1n) is 2.89. The maximum absolute atomic E-state index is 8.77. The molecule has 0 bridgehead atoms.